The fraction of sp³-hybridized carbons (Fsp3) is 0.400. The van der Waals surface area contributed by atoms with E-state index in [2.05, 4.69) is 0 Å². The number of ketones is 1. The molecule has 1 unspecified atom stereocenters. The summed E-state index contributed by atoms with van der Waals surface area (Å²) in [5, 5.41) is 21.5. The highest BCUT2D eigenvalue weighted by atomic mass is 16.5. The first kappa shape index (κ1) is 26.2. The van der Waals surface area contributed by atoms with E-state index in [9.17, 15) is 15.0 Å². The number of aromatic nitrogens is 1. The minimum absolute atomic E-state index is 0.0852. The summed E-state index contributed by atoms with van der Waals surface area (Å²) in [5.74, 6) is 1.51. The second kappa shape index (κ2) is 10.0. The summed E-state index contributed by atoms with van der Waals surface area (Å²) in [4.78, 5) is 17.9. The van der Waals surface area contributed by atoms with Crippen molar-refractivity contribution in [3.63, 3.8) is 0 Å². The topological polar surface area (TPSA) is 124 Å². The van der Waals surface area contributed by atoms with Crippen molar-refractivity contribution >= 4 is 5.78 Å². The lowest BCUT2D eigenvalue weighted by Crippen LogP contribution is -2.42. The lowest BCUT2D eigenvalue weighted by molar-refractivity contribution is 0.0396. The van der Waals surface area contributed by atoms with Gasteiger partial charge in [-0.15, -0.1) is 0 Å². The van der Waals surface area contributed by atoms with Crippen LogP contribution in [0.1, 0.15) is 59.8 Å². The summed E-state index contributed by atoms with van der Waals surface area (Å²) in [6, 6.07) is 14.7. The van der Waals surface area contributed by atoms with Crippen molar-refractivity contribution < 1.29 is 29.2 Å². The number of carbonyl (C=O) groups excluding carboxylic acids is 1. The molecule has 4 N–H and O–H groups in total. The van der Waals surface area contributed by atoms with Crippen molar-refractivity contribution in [2.45, 2.75) is 56.8 Å². The third-order valence-electron chi connectivity index (χ3n) is 7.28. The summed E-state index contributed by atoms with van der Waals surface area (Å²) in [7, 11) is 1.55. The molecule has 5 rings (SSSR count). The SMILES string of the molecule is COc1cc(C(=O)CC[C@](C)(O)c2cc3c(c(-c4ccc(C)cc4)n2)OCC3(N)CO)ccc1OC1CC1. The van der Waals surface area contributed by atoms with Crippen molar-refractivity contribution in [3.05, 3.63) is 70.9 Å². The van der Waals surface area contributed by atoms with E-state index in [1.54, 1.807) is 38.3 Å². The minimum atomic E-state index is -1.44. The predicted molar refractivity (Wildman–Crippen MR) is 143 cm³/mol. The van der Waals surface area contributed by atoms with Crippen molar-refractivity contribution in [1.82, 2.24) is 4.98 Å². The van der Waals surface area contributed by atoms with Crippen LogP contribution in [0.15, 0.2) is 48.5 Å². The van der Waals surface area contributed by atoms with Gasteiger partial charge in [0, 0.05) is 23.1 Å². The molecule has 8 heteroatoms. The van der Waals surface area contributed by atoms with Crippen LogP contribution in [0.25, 0.3) is 11.3 Å². The quantitative estimate of drug-likeness (QED) is 0.344. The normalized spacial score (nSPS) is 19.8. The minimum Gasteiger partial charge on any atom is -0.493 e. The third-order valence-corrected chi connectivity index (χ3v) is 7.28. The van der Waals surface area contributed by atoms with Crippen LogP contribution in [-0.4, -0.2) is 47.4 Å². The van der Waals surface area contributed by atoms with Gasteiger partial charge in [0.25, 0.3) is 0 Å². The molecule has 1 aliphatic carbocycles. The molecule has 1 aliphatic heterocycles. The van der Waals surface area contributed by atoms with Crippen LogP contribution >= 0.6 is 0 Å². The number of nitrogens with two attached hydrogens (primary N) is 1. The van der Waals surface area contributed by atoms with Crippen LogP contribution in [0.5, 0.6) is 17.2 Å². The maximum atomic E-state index is 13.1. The summed E-state index contributed by atoms with van der Waals surface area (Å²) in [5.41, 5.74) is 7.79. The average molecular weight is 519 g/mol. The van der Waals surface area contributed by atoms with Crippen LogP contribution < -0.4 is 19.9 Å². The number of rotatable bonds is 10. The Balaban J connectivity index is 1.41. The highest BCUT2D eigenvalue weighted by Crippen LogP contribution is 2.44. The summed E-state index contributed by atoms with van der Waals surface area (Å²) in [6.07, 6.45) is 2.48. The highest BCUT2D eigenvalue weighted by molar-refractivity contribution is 5.96. The van der Waals surface area contributed by atoms with E-state index < -0.39 is 11.1 Å². The Kier molecular flexibility index (Phi) is 6.90. The van der Waals surface area contributed by atoms with Crippen molar-refractivity contribution in [3.8, 4) is 28.5 Å². The number of benzene rings is 2. The Morgan fingerprint density at radius 1 is 1.18 bits per heavy atom. The van der Waals surface area contributed by atoms with Crippen molar-refractivity contribution in [2.24, 2.45) is 5.73 Å². The Labute approximate surface area is 222 Å². The molecule has 0 amide bonds. The fourth-order valence-electron chi connectivity index (χ4n) is 4.57. The second-order valence-corrected chi connectivity index (χ2v) is 10.6. The zero-order valence-corrected chi connectivity index (χ0v) is 22.0. The van der Waals surface area contributed by atoms with Gasteiger partial charge in [-0.05, 0) is 57.4 Å². The van der Waals surface area contributed by atoms with E-state index >= 15 is 0 Å². The summed E-state index contributed by atoms with van der Waals surface area (Å²) >= 11 is 0. The molecule has 3 aromatic rings. The molecule has 0 saturated heterocycles. The Hall–Kier alpha value is -3.46. The van der Waals surface area contributed by atoms with Gasteiger partial charge in [0.2, 0.25) is 0 Å². The van der Waals surface area contributed by atoms with E-state index in [0.717, 1.165) is 24.0 Å². The Morgan fingerprint density at radius 2 is 1.92 bits per heavy atom. The smallest absolute Gasteiger partial charge is 0.163 e. The maximum Gasteiger partial charge on any atom is 0.163 e. The number of aryl methyl sites for hydroxylation is 1. The first-order chi connectivity index (χ1) is 18.1. The van der Waals surface area contributed by atoms with E-state index in [0.29, 0.717) is 39.8 Å². The van der Waals surface area contributed by atoms with Crippen LogP contribution in [0, 0.1) is 6.92 Å². The van der Waals surface area contributed by atoms with Crippen molar-refractivity contribution in [2.75, 3.05) is 20.3 Å². The lowest BCUT2D eigenvalue weighted by Gasteiger charge is -2.26. The maximum absolute atomic E-state index is 13.1. The lowest BCUT2D eigenvalue weighted by atomic mass is 9.87. The molecule has 2 aliphatic rings. The van der Waals surface area contributed by atoms with Gasteiger partial charge in [0.15, 0.2) is 23.0 Å². The van der Waals surface area contributed by atoms with Crippen LogP contribution in [0.3, 0.4) is 0 Å². The fourth-order valence-corrected chi connectivity index (χ4v) is 4.57. The Bertz CT molecular complexity index is 1350. The van der Waals surface area contributed by atoms with E-state index in [4.69, 9.17) is 24.9 Å². The number of hydrogen-bond acceptors (Lipinski definition) is 8. The number of aliphatic hydroxyl groups excluding tert-OH is 1. The molecule has 200 valence electrons. The second-order valence-electron chi connectivity index (χ2n) is 10.6. The van der Waals surface area contributed by atoms with Crippen LogP contribution in [-0.2, 0) is 11.1 Å². The first-order valence-electron chi connectivity index (χ1n) is 12.9. The number of ether oxygens (including phenoxy) is 3. The van der Waals surface area contributed by atoms with E-state index in [1.165, 1.54) is 0 Å². The molecular formula is C30H34N2O6. The summed E-state index contributed by atoms with van der Waals surface area (Å²) in [6.45, 7) is 3.41. The monoisotopic (exact) mass is 518 g/mol. The number of methoxy groups -OCH3 is 1. The van der Waals surface area contributed by atoms with Gasteiger partial charge in [-0.2, -0.15) is 0 Å². The average Bonchev–Trinajstić information content (AvgIpc) is 3.68. The summed E-state index contributed by atoms with van der Waals surface area (Å²) < 4.78 is 17.2. The molecule has 2 aromatic carbocycles. The van der Waals surface area contributed by atoms with E-state index in [-0.39, 0.29) is 37.9 Å². The first-order valence-corrected chi connectivity index (χ1v) is 12.9. The molecular weight excluding hydrogens is 484 g/mol. The van der Waals surface area contributed by atoms with Crippen molar-refractivity contribution in [1.29, 1.82) is 0 Å². The molecule has 0 spiro atoms. The zero-order chi connectivity index (χ0) is 27.1. The number of Topliss-reactive ketones (excluding diaryl/α,β-unsaturated/α-hetero) is 1. The Morgan fingerprint density at radius 3 is 2.58 bits per heavy atom. The molecule has 0 radical (unpaired) electrons. The molecule has 38 heavy (non-hydrogen) atoms. The van der Waals surface area contributed by atoms with Crippen LogP contribution in [0.4, 0.5) is 0 Å². The van der Waals surface area contributed by atoms with Gasteiger partial charge >= 0.3 is 0 Å². The number of pyridine rings is 1. The zero-order valence-electron chi connectivity index (χ0n) is 22.0. The van der Waals surface area contributed by atoms with Gasteiger partial charge in [0.05, 0.1) is 25.5 Å². The standard InChI is InChI=1S/C30H34N2O6/c1-18-4-6-19(7-5-18)27-28-22(30(31,16-33)17-37-28)15-26(32-27)29(2,35)13-12-23(34)20-8-11-24(25(14-20)36-3)38-21-9-10-21/h4-8,11,14-15,21,33,35H,9-10,12-13,16-17,31H2,1-3H3/t29-,30?/m0/s1. The van der Waals surface area contributed by atoms with Gasteiger partial charge in [0.1, 0.15) is 23.4 Å². The largest absolute Gasteiger partial charge is 0.493 e. The number of nitrogens with zero attached hydrogens (tertiary/aromatic N) is 1. The predicted octanol–water partition coefficient (Wildman–Crippen LogP) is 4.02. The van der Waals surface area contributed by atoms with Gasteiger partial charge in [-0.3, -0.25) is 4.79 Å². The molecule has 2 atom stereocenters. The highest BCUT2D eigenvalue weighted by Gasteiger charge is 2.41. The van der Waals surface area contributed by atoms with Crippen LogP contribution in [0.2, 0.25) is 0 Å². The van der Waals surface area contributed by atoms with Gasteiger partial charge in [-0.25, -0.2) is 4.98 Å². The molecule has 1 aromatic heterocycles. The number of fused-ring (bicyclic) bond motifs is 1. The van der Waals surface area contributed by atoms with Gasteiger partial charge < -0.3 is 30.2 Å². The molecule has 0 bridgehead atoms. The number of aliphatic hydroxyl groups is 2. The molecule has 1 saturated carbocycles. The molecule has 2 heterocycles. The number of hydrogen-bond donors (Lipinski definition) is 3. The molecule has 1 fully saturated rings. The molecule has 8 nitrogen and oxygen atoms in total. The number of carbonyl (C=O) groups is 1. The van der Waals surface area contributed by atoms with E-state index in [1.807, 2.05) is 31.2 Å². The van der Waals surface area contributed by atoms with Gasteiger partial charge in [-0.1, -0.05) is 29.8 Å². The third kappa shape index (κ3) is 5.12.